The van der Waals surface area contributed by atoms with Crippen molar-refractivity contribution >= 4 is 34.6 Å². The molecule has 236 valence electrons. The predicted octanol–water partition coefficient (Wildman–Crippen LogP) is 3.92. The molecule has 4 rings (SSSR count). The molecule has 1 aromatic carbocycles. The summed E-state index contributed by atoms with van der Waals surface area (Å²) >= 11 is 0. The maximum absolute atomic E-state index is 14.7. The molecular formula is C32H35FN6O6. The summed E-state index contributed by atoms with van der Waals surface area (Å²) in [5.41, 5.74) is 1.69. The van der Waals surface area contributed by atoms with Crippen LogP contribution < -0.4 is 15.6 Å². The van der Waals surface area contributed by atoms with Crippen molar-refractivity contribution in [1.82, 2.24) is 24.3 Å². The van der Waals surface area contributed by atoms with Gasteiger partial charge >= 0.3 is 6.09 Å². The van der Waals surface area contributed by atoms with E-state index in [1.165, 1.54) is 40.6 Å². The van der Waals surface area contributed by atoms with E-state index in [4.69, 9.17) is 9.47 Å². The Hall–Kier alpha value is -5.46. The average Bonchev–Trinajstić information content (AvgIpc) is 3.42. The molecule has 3 aromatic heterocycles. The van der Waals surface area contributed by atoms with Crippen molar-refractivity contribution in [3.05, 3.63) is 101 Å². The number of allylic oxidation sites excluding steroid dienone is 1. The lowest BCUT2D eigenvalue weighted by atomic mass is 10.1. The van der Waals surface area contributed by atoms with Crippen molar-refractivity contribution in [2.75, 3.05) is 33.5 Å². The van der Waals surface area contributed by atoms with E-state index in [-0.39, 0.29) is 43.3 Å². The first-order valence-corrected chi connectivity index (χ1v) is 14.1. The summed E-state index contributed by atoms with van der Waals surface area (Å²) in [4.78, 5) is 60.3. The molecular weight excluding hydrogens is 583 g/mol. The summed E-state index contributed by atoms with van der Waals surface area (Å²) in [6, 6.07) is 14.1. The Bertz CT molecular complexity index is 1750. The molecule has 12 nitrogen and oxygen atoms in total. The number of hydrogen-bond donors (Lipinski definition) is 2. The van der Waals surface area contributed by atoms with Crippen molar-refractivity contribution in [2.24, 2.45) is 0 Å². The van der Waals surface area contributed by atoms with Gasteiger partial charge in [0, 0.05) is 40.1 Å². The fourth-order valence-corrected chi connectivity index (χ4v) is 4.24. The van der Waals surface area contributed by atoms with E-state index in [0.29, 0.717) is 16.7 Å². The Balaban J connectivity index is 1.50. The Morgan fingerprint density at radius 1 is 1.09 bits per heavy atom. The number of fused-ring (bicyclic) bond motifs is 1. The smallest absolute Gasteiger partial charge is 0.410 e. The van der Waals surface area contributed by atoms with Gasteiger partial charge in [0.05, 0.1) is 18.3 Å². The molecule has 0 aliphatic rings. The van der Waals surface area contributed by atoms with Gasteiger partial charge in [-0.3, -0.25) is 19.4 Å². The number of rotatable bonds is 12. The zero-order chi connectivity index (χ0) is 32.5. The number of benzene rings is 1. The van der Waals surface area contributed by atoms with Crippen LogP contribution in [0.4, 0.5) is 14.9 Å². The van der Waals surface area contributed by atoms with Crippen LogP contribution in [0, 0.1) is 5.82 Å². The number of anilines is 1. The number of nitrogens with zero attached hydrogens (tertiary/aromatic N) is 4. The molecule has 0 bridgehead atoms. The molecule has 3 amide bonds. The standard InChI is InChI=1S/C32H35FN6O6/c1-37(2)27(40)15-9-8-14-26(45-32(43)38(3)4)30(41)36-24-13-10-16-39(31(24)42)19-22-17-25-28(35-22)29(23(33)18-34-25)44-20-21-11-6-5-7-12-21/h5-7,9-13,15-18,26,35H,8,14,19-20H2,1-4H3,(H,36,41)/b15-9+. The van der Waals surface area contributed by atoms with Gasteiger partial charge in [-0.1, -0.05) is 36.4 Å². The van der Waals surface area contributed by atoms with Gasteiger partial charge in [0.25, 0.3) is 11.5 Å². The molecule has 0 saturated carbocycles. The molecule has 0 aliphatic heterocycles. The van der Waals surface area contributed by atoms with E-state index in [0.717, 1.165) is 11.8 Å². The minimum Gasteiger partial charge on any atom is -0.483 e. The highest BCUT2D eigenvalue weighted by molar-refractivity contribution is 5.95. The Morgan fingerprint density at radius 2 is 1.84 bits per heavy atom. The highest BCUT2D eigenvalue weighted by atomic mass is 19.1. The lowest BCUT2D eigenvalue weighted by Crippen LogP contribution is -2.37. The number of likely N-dealkylation sites (N-methyl/N-ethyl adjacent to an activating group) is 1. The molecule has 3 heterocycles. The van der Waals surface area contributed by atoms with E-state index in [9.17, 15) is 23.6 Å². The molecule has 45 heavy (non-hydrogen) atoms. The lowest BCUT2D eigenvalue weighted by molar-refractivity contribution is -0.125. The molecule has 4 aromatic rings. The van der Waals surface area contributed by atoms with E-state index in [2.05, 4.69) is 15.3 Å². The van der Waals surface area contributed by atoms with Gasteiger partial charge < -0.3 is 34.1 Å². The Labute approximate surface area is 259 Å². The molecule has 0 radical (unpaired) electrons. The Kier molecular flexibility index (Phi) is 10.7. The number of nitrogens with one attached hydrogen (secondary N) is 2. The number of carbonyl (C=O) groups excluding carboxylic acids is 3. The summed E-state index contributed by atoms with van der Waals surface area (Å²) in [6.07, 6.45) is 3.96. The number of ether oxygens (including phenoxy) is 2. The van der Waals surface area contributed by atoms with Gasteiger partial charge in [0.15, 0.2) is 17.7 Å². The first-order chi connectivity index (χ1) is 21.5. The van der Waals surface area contributed by atoms with Crippen molar-refractivity contribution in [3.63, 3.8) is 0 Å². The highest BCUT2D eigenvalue weighted by Crippen LogP contribution is 2.28. The van der Waals surface area contributed by atoms with Crippen LogP contribution in [-0.4, -0.2) is 76.5 Å². The summed E-state index contributed by atoms with van der Waals surface area (Å²) in [5.74, 6) is -1.53. The second-order valence-corrected chi connectivity index (χ2v) is 10.6. The molecule has 0 saturated heterocycles. The van der Waals surface area contributed by atoms with Gasteiger partial charge in [-0.2, -0.15) is 0 Å². The van der Waals surface area contributed by atoms with E-state index in [1.54, 1.807) is 38.5 Å². The van der Waals surface area contributed by atoms with Crippen LogP contribution in [0.2, 0.25) is 0 Å². The third-order valence-electron chi connectivity index (χ3n) is 6.66. The van der Waals surface area contributed by atoms with E-state index < -0.39 is 29.5 Å². The third kappa shape index (κ3) is 8.56. The van der Waals surface area contributed by atoms with Gasteiger partial charge in [-0.05, 0) is 42.7 Å². The van der Waals surface area contributed by atoms with Crippen LogP contribution in [0.5, 0.6) is 5.75 Å². The van der Waals surface area contributed by atoms with E-state index in [1.807, 2.05) is 30.3 Å². The van der Waals surface area contributed by atoms with Crippen molar-refractivity contribution in [3.8, 4) is 5.75 Å². The van der Waals surface area contributed by atoms with Crippen LogP contribution >= 0.6 is 0 Å². The van der Waals surface area contributed by atoms with Crippen LogP contribution in [0.25, 0.3) is 11.0 Å². The van der Waals surface area contributed by atoms with Crippen LogP contribution in [0.15, 0.2) is 77.9 Å². The number of aromatic amines is 1. The average molecular weight is 619 g/mol. The maximum Gasteiger partial charge on any atom is 0.410 e. The number of aromatic nitrogens is 3. The zero-order valence-corrected chi connectivity index (χ0v) is 25.5. The molecule has 2 N–H and O–H groups in total. The summed E-state index contributed by atoms with van der Waals surface area (Å²) in [7, 11) is 6.19. The second-order valence-electron chi connectivity index (χ2n) is 10.6. The second kappa shape index (κ2) is 14.8. The first-order valence-electron chi connectivity index (χ1n) is 14.1. The Morgan fingerprint density at radius 3 is 2.56 bits per heavy atom. The van der Waals surface area contributed by atoms with Gasteiger partial charge in [-0.15, -0.1) is 0 Å². The number of amides is 3. The number of pyridine rings is 2. The first kappa shape index (κ1) is 32.5. The van der Waals surface area contributed by atoms with Crippen LogP contribution in [0.1, 0.15) is 24.1 Å². The minimum atomic E-state index is -1.23. The monoisotopic (exact) mass is 618 g/mol. The van der Waals surface area contributed by atoms with Gasteiger partial charge in [0.1, 0.15) is 17.8 Å². The number of hydrogen-bond acceptors (Lipinski definition) is 7. The van der Waals surface area contributed by atoms with Crippen LogP contribution in [-0.2, 0) is 27.5 Å². The molecule has 1 atom stereocenters. The third-order valence-corrected chi connectivity index (χ3v) is 6.66. The zero-order valence-electron chi connectivity index (χ0n) is 25.5. The fourth-order valence-electron chi connectivity index (χ4n) is 4.24. The summed E-state index contributed by atoms with van der Waals surface area (Å²) < 4.78 is 27.2. The summed E-state index contributed by atoms with van der Waals surface area (Å²) in [5, 5.41) is 2.56. The SMILES string of the molecule is CN(C)C(=O)/C=C/CCC(OC(=O)N(C)C)C(=O)Nc1cccn(Cc2cc3ncc(F)c(OCc4ccccc4)c3[nH]2)c1=O. The predicted molar refractivity (Wildman–Crippen MR) is 166 cm³/mol. The number of carbonyl (C=O) groups is 3. The van der Waals surface area contributed by atoms with Crippen LogP contribution in [0.3, 0.4) is 0 Å². The summed E-state index contributed by atoms with van der Waals surface area (Å²) in [6.45, 7) is 0.212. The molecule has 0 aliphatic carbocycles. The lowest BCUT2D eigenvalue weighted by Gasteiger charge is -2.19. The van der Waals surface area contributed by atoms with Crippen molar-refractivity contribution in [1.29, 1.82) is 0 Å². The molecule has 0 fully saturated rings. The fraction of sp³-hybridized carbons (Fsp3) is 0.281. The number of halogens is 1. The molecule has 1 unspecified atom stereocenters. The van der Waals surface area contributed by atoms with E-state index >= 15 is 0 Å². The molecule has 13 heteroatoms. The van der Waals surface area contributed by atoms with Gasteiger partial charge in [0.2, 0.25) is 5.91 Å². The highest BCUT2D eigenvalue weighted by Gasteiger charge is 2.24. The van der Waals surface area contributed by atoms with Crippen molar-refractivity contribution in [2.45, 2.75) is 32.1 Å². The maximum atomic E-state index is 14.7. The van der Waals surface area contributed by atoms with Crippen molar-refractivity contribution < 1.29 is 28.2 Å². The molecule has 0 spiro atoms. The topological polar surface area (TPSA) is 139 Å². The number of H-pyrrole nitrogens is 1. The normalized spacial score (nSPS) is 11.8. The minimum absolute atomic E-state index is 0.0164. The largest absolute Gasteiger partial charge is 0.483 e. The quantitative estimate of drug-likeness (QED) is 0.230. The van der Waals surface area contributed by atoms with Gasteiger partial charge in [-0.25, -0.2) is 9.18 Å².